The molecule has 2 aliphatic rings. The first-order valence-electron chi connectivity index (χ1n) is 15.2. The van der Waals surface area contributed by atoms with Crippen molar-refractivity contribution in [3.05, 3.63) is 138 Å². The summed E-state index contributed by atoms with van der Waals surface area (Å²) in [5.41, 5.74) is 4.43. The molecule has 2 nitrogen and oxygen atoms in total. The van der Waals surface area contributed by atoms with Gasteiger partial charge < -0.3 is 4.57 Å². The van der Waals surface area contributed by atoms with Crippen LogP contribution in [0.15, 0.2) is 116 Å². The summed E-state index contributed by atoms with van der Waals surface area (Å²) in [4.78, 5) is 5.04. The highest BCUT2D eigenvalue weighted by atomic mass is 15.1. The highest BCUT2D eigenvalue weighted by Gasteiger charge is 2.38. The smallest absolute Gasteiger partial charge is 0.121 e. The molecule has 0 aliphatic heterocycles. The van der Waals surface area contributed by atoms with Gasteiger partial charge in [-0.15, -0.1) is 0 Å². The molecule has 3 aromatic carbocycles. The van der Waals surface area contributed by atoms with Crippen LogP contribution in [0.4, 0.5) is 0 Å². The maximum atomic E-state index is 5.04. The zero-order valence-electron chi connectivity index (χ0n) is 23.2. The standard InChI is InChI=1S/C37H42N2/c1-5-15-30(16-6-1)17-13-14-18-32(31-25-26-31)27-36-28-39(29-38-36)37(33-19-7-2-8-20-33,34-21-9-3-10-22-34)35-23-11-4-12-24-35/h2-4,7-12,14,18-24,28-32H,1,5-6,13,15-17,25-27H2/b18-14+/t32-/m0/s1. The Kier molecular flexibility index (Phi) is 8.09. The molecule has 0 N–H and O–H groups in total. The normalized spacial score (nSPS) is 17.4. The number of benzene rings is 3. The van der Waals surface area contributed by atoms with E-state index in [0.29, 0.717) is 5.92 Å². The molecule has 4 aromatic rings. The summed E-state index contributed by atoms with van der Waals surface area (Å²) in [7, 11) is 0. The summed E-state index contributed by atoms with van der Waals surface area (Å²) in [6, 6.07) is 32.7. The van der Waals surface area contributed by atoms with E-state index >= 15 is 0 Å². The van der Waals surface area contributed by atoms with E-state index in [4.69, 9.17) is 4.98 Å². The van der Waals surface area contributed by atoms with Gasteiger partial charge in [-0.3, -0.25) is 0 Å². The van der Waals surface area contributed by atoms with Crippen LogP contribution in [-0.4, -0.2) is 9.55 Å². The number of hydrogen-bond donors (Lipinski definition) is 0. The lowest BCUT2D eigenvalue weighted by atomic mass is 9.77. The summed E-state index contributed by atoms with van der Waals surface area (Å²) in [5, 5.41) is 0. The molecule has 39 heavy (non-hydrogen) atoms. The molecule has 2 fully saturated rings. The van der Waals surface area contributed by atoms with Gasteiger partial charge in [-0.05, 0) is 66.5 Å². The summed E-state index contributed by atoms with van der Waals surface area (Å²) in [6.45, 7) is 0. The van der Waals surface area contributed by atoms with Crippen molar-refractivity contribution in [2.45, 2.75) is 69.7 Å². The lowest BCUT2D eigenvalue weighted by Crippen LogP contribution is -2.36. The van der Waals surface area contributed by atoms with E-state index in [-0.39, 0.29) is 0 Å². The van der Waals surface area contributed by atoms with Gasteiger partial charge >= 0.3 is 0 Å². The highest BCUT2D eigenvalue weighted by Crippen LogP contribution is 2.42. The minimum absolute atomic E-state index is 0.486. The highest BCUT2D eigenvalue weighted by molar-refractivity contribution is 5.50. The van der Waals surface area contributed by atoms with Crippen LogP contribution in [-0.2, 0) is 12.0 Å². The fraction of sp³-hybridized carbons (Fsp3) is 0.378. The van der Waals surface area contributed by atoms with Crippen molar-refractivity contribution >= 4 is 0 Å². The van der Waals surface area contributed by atoms with Crippen molar-refractivity contribution in [2.75, 3.05) is 0 Å². The van der Waals surface area contributed by atoms with Crippen LogP contribution in [0.3, 0.4) is 0 Å². The van der Waals surface area contributed by atoms with E-state index in [1.165, 1.54) is 80.2 Å². The van der Waals surface area contributed by atoms with Crippen LogP contribution in [0.25, 0.3) is 0 Å². The molecule has 0 bridgehead atoms. The quantitative estimate of drug-likeness (QED) is 0.144. The predicted molar refractivity (Wildman–Crippen MR) is 162 cm³/mol. The van der Waals surface area contributed by atoms with E-state index in [9.17, 15) is 0 Å². The Balaban J connectivity index is 1.30. The second kappa shape index (κ2) is 12.2. The van der Waals surface area contributed by atoms with Gasteiger partial charge in [0.25, 0.3) is 0 Å². The summed E-state index contributed by atoms with van der Waals surface area (Å²) >= 11 is 0. The molecular formula is C37H42N2. The number of allylic oxidation sites excluding steroid dienone is 2. The topological polar surface area (TPSA) is 17.8 Å². The maximum absolute atomic E-state index is 5.04. The molecule has 2 heteroatoms. The van der Waals surface area contributed by atoms with Crippen molar-refractivity contribution in [1.82, 2.24) is 9.55 Å². The lowest BCUT2D eigenvalue weighted by molar-refractivity contribution is 0.341. The minimum atomic E-state index is -0.486. The zero-order chi connectivity index (χ0) is 26.3. The molecule has 1 aromatic heterocycles. The maximum Gasteiger partial charge on any atom is 0.121 e. The summed E-state index contributed by atoms with van der Waals surface area (Å²) < 4.78 is 2.36. The Bertz CT molecular complexity index is 1210. The van der Waals surface area contributed by atoms with E-state index < -0.39 is 5.54 Å². The lowest BCUT2D eigenvalue weighted by Gasteiger charge is -2.37. The molecule has 0 radical (unpaired) electrons. The van der Waals surface area contributed by atoms with Gasteiger partial charge in [0.1, 0.15) is 5.54 Å². The molecule has 0 spiro atoms. The Morgan fingerprint density at radius 3 is 1.85 bits per heavy atom. The van der Waals surface area contributed by atoms with Gasteiger partial charge in [0, 0.05) is 6.20 Å². The number of rotatable bonds is 11. The van der Waals surface area contributed by atoms with E-state index in [0.717, 1.165) is 18.3 Å². The molecule has 0 amide bonds. The van der Waals surface area contributed by atoms with Crippen LogP contribution in [0.1, 0.15) is 80.2 Å². The van der Waals surface area contributed by atoms with Gasteiger partial charge in [0.15, 0.2) is 0 Å². The van der Waals surface area contributed by atoms with Crippen LogP contribution < -0.4 is 0 Å². The van der Waals surface area contributed by atoms with Crippen LogP contribution in [0.2, 0.25) is 0 Å². The fourth-order valence-corrected chi connectivity index (χ4v) is 6.87. The molecular weight excluding hydrogens is 472 g/mol. The van der Waals surface area contributed by atoms with Crippen molar-refractivity contribution in [3.63, 3.8) is 0 Å². The molecule has 1 heterocycles. The molecule has 2 saturated carbocycles. The number of hydrogen-bond acceptors (Lipinski definition) is 1. The van der Waals surface area contributed by atoms with Crippen LogP contribution in [0.5, 0.6) is 0 Å². The minimum Gasteiger partial charge on any atom is -0.319 e. The van der Waals surface area contributed by atoms with Gasteiger partial charge in [0.2, 0.25) is 0 Å². The van der Waals surface area contributed by atoms with Crippen LogP contribution >= 0.6 is 0 Å². The van der Waals surface area contributed by atoms with Crippen LogP contribution in [0, 0.1) is 17.8 Å². The van der Waals surface area contributed by atoms with E-state index in [1.807, 2.05) is 0 Å². The second-order valence-corrected chi connectivity index (χ2v) is 11.8. The molecule has 0 unspecified atom stereocenters. The molecule has 0 saturated heterocycles. The predicted octanol–water partition coefficient (Wildman–Crippen LogP) is 9.21. The summed E-state index contributed by atoms with van der Waals surface area (Å²) in [5.74, 6) is 2.38. The Hall–Kier alpha value is -3.39. The number of imidazole rings is 1. The van der Waals surface area contributed by atoms with Crippen molar-refractivity contribution in [2.24, 2.45) is 17.8 Å². The first kappa shape index (κ1) is 25.9. The Morgan fingerprint density at radius 1 is 0.744 bits per heavy atom. The monoisotopic (exact) mass is 514 g/mol. The average molecular weight is 515 g/mol. The van der Waals surface area contributed by atoms with Gasteiger partial charge in [0.05, 0.1) is 12.0 Å². The third-order valence-electron chi connectivity index (χ3n) is 9.12. The number of aromatic nitrogens is 2. The van der Waals surface area contributed by atoms with Crippen molar-refractivity contribution < 1.29 is 0 Å². The molecule has 6 rings (SSSR count). The molecule has 2 aliphatic carbocycles. The number of nitrogens with zero attached hydrogens (tertiary/aromatic N) is 2. The van der Waals surface area contributed by atoms with Gasteiger partial charge in [-0.2, -0.15) is 0 Å². The van der Waals surface area contributed by atoms with E-state index in [1.54, 1.807) is 0 Å². The molecule has 1 atom stereocenters. The fourth-order valence-electron chi connectivity index (χ4n) is 6.87. The first-order chi connectivity index (χ1) is 19.3. The zero-order valence-corrected chi connectivity index (χ0v) is 23.2. The van der Waals surface area contributed by atoms with Gasteiger partial charge in [-0.1, -0.05) is 135 Å². The average Bonchev–Trinajstić information content (AvgIpc) is 3.76. The Labute approximate surface area is 234 Å². The SMILES string of the molecule is C(=C\[C@@H](Cc1cn(C(c2ccccc2)(c2ccccc2)c2ccccc2)cn1)C1CC1)/CCC1CCCCC1. The largest absolute Gasteiger partial charge is 0.319 e. The van der Waals surface area contributed by atoms with Gasteiger partial charge in [-0.25, -0.2) is 4.98 Å². The Morgan fingerprint density at radius 2 is 1.31 bits per heavy atom. The van der Waals surface area contributed by atoms with E-state index in [2.05, 4.69) is 120 Å². The summed E-state index contributed by atoms with van der Waals surface area (Å²) in [6.07, 6.45) is 23.0. The molecule has 200 valence electrons. The first-order valence-corrected chi connectivity index (χ1v) is 15.2. The van der Waals surface area contributed by atoms with Crippen molar-refractivity contribution in [3.8, 4) is 0 Å². The third kappa shape index (κ3) is 5.81. The van der Waals surface area contributed by atoms with Crippen molar-refractivity contribution in [1.29, 1.82) is 0 Å². The second-order valence-electron chi connectivity index (χ2n) is 11.8. The third-order valence-corrected chi connectivity index (χ3v) is 9.12.